The Bertz CT molecular complexity index is 1010. The number of non-ortho nitro benzene ring substituents is 1. The van der Waals surface area contributed by atoms with Gasteiger partial charge in [0, 0.05) is 18.7 Å². The Labute approximate surface area is 170 Å². The first-order valence-electron chi connectivity index (χ1n) is 9.39. The maximum absolute atomic E-state index is 12.9. The van der Waals surface area contributed by atoms with Gasteiger partial charge in [0.05, 0.1) is 33.1 Å². The Morgan fingerprint density at radius 1 is 1.28 bits per heavy atom. The van der Waals surface area contributed by atoms with Gasteiger partial charge in [0.2, 0.25) is 5.91 Å². The number of ether oxygens (including phenoxy) is 1. The van der Waals surface area contributed by atoms with Crippen molar-refractivity contribution in [3.8, 4) is 0 Å². The van der Waals surface area contributed by atoms with Crippen LogP contribution in [-0.4, -0.2) is 38.6 Å². The standard InChI is InChI=1S/C19H22N4O5S/c1-19(2)9-13(7-8-28-19)22-17-15(18(25)21-22)16(29-10-14(24)20-17)11-3-5-12(6-4-11)23(26)27/h3-6,13,16H,7-10H2,1-2H3,(H,20,24)(H,21,25)/t13-,16+/m1/s1. The molecule has 4 rings (SSSR count). The molecule has 2 atom stereocenters. The predicted molar refractivity (Wildman–Crippen MR) is 109 cm³/mol. The number of nitrogens with zero attached hydrogens (tertiary/aromatic N) is 2. The Morgan fingerprint density at radius 2 is 2.00 bits per heavy atom. The SMILES string of the molecule is CC1(C)C[C@H](n2[nH]c(=O)c3c2NC(=O)CS[C@H]3c2ccc([N+](=O)[O-])cc2)CCO1. The van der Waals surface area contributed by atoms with Crippen LogP contribution in [0.1, 0.15) is 49.1 Å². The van der Waals surface area contributed by atoms with Crippen LogP contribution in [0.25, 0.3) is 0 Å². The Balaban J connectivity index is 1.77. The molecule has 2 aromatic rings. The summed E-state index contributed by atoms with van der Waals surface area (Å²) in [4.78, 5) is 35.8. The van der Waals surface area contributed by atoms with Crippen LogP contribution in [0.2, 0.25) is 0 Å². The number of aromatic nitrogens is 2. The number of fused-ring (bicyclic) bond motifs is 1. The normalized spacial score (nSPS) is 23.7. The van der Waals surface area contributed by atoms with E-state index in [9.17, 15) is 19.7 Å². The summed E-state index contributed by atoms with van der Waals surface area (Å²) < 4.78 is 7.55. The highest BCUT2D eigenvalue weighted by atomic mass is 32.2. The fourth-order valence-electron chi connectivity index (χ4n) is 3.97. The molecule has 0 unspecified atom stereocenters. The van der Waals surface area contributed by atoms with Gasteiger partial charge >= 0.3 is 0 Å². The van der Waals surface area contributed by atoms with E-state index in [-0.39, 0.29) is 34.5 Å². The highest BCUT2D eigenvalue weighted by Crippen LogP contribution is 2.42. The van der Waals surface area contributed by atoms with E-state index in [4.69, 9.17) is 4.74 Å². The Kier molecular flexibility index (Phi) is 4.99. The molecule has 9 nitrogen and oxygen atoms in total. The lowest BCUT2D eigenvalue weighted by molar-refractivity contribution is -0.384. The number of rotatable bonds is 3. The number of aromatic amines is 1. The smallest absolute Gasteiger partial charge is 0.270 e. The fourth-order valence-corrected chi connectivity index (χ4v) is 5.10. The molecular weight excluding hydrogens is 396 g/mol. The zero-order valence-electron chi connectivity index (χ0n) is 16.1. The number of nitro groups is 1. The number of H-pyrrole nitrogens is 1. The third-order valence-corrected chi connectivity index (χ3v) is 6.58. The summed E-state index contributed by atoms with van der Waals surface area (Å²) in [6.07, 6.45) is 1.43. The number of carbonyl (C=O) groups excluding carboxylic acids is 1. The maximum Gasteiger partial charge on any atom is 0.270 e. The number of carbonyl (C=O) groups is 1. The summed E-state index contributed by atoms with van der Waals surface area (Å²) in [7, 11) is 0. The average molecular weight is 418 g/mol. The number of nitro benzene ring substituents is 1. The minimum absolute atomic E-state index is 0.00360. The van der Waals surface area contributed by atoms with E-state index in [2.05, 4.69) is 10.4 Å². The summed E-state index contributed by atoms with van der Waals surface area (Å²) in [6.45, 7) is 4.59. The third kappa shape index (κ3) is 3.82. The van der Waals surface area contributed by atoms with Crippen molar-refractivity contribution in [3.63, 3.8) is 0 Å². The van der Waals surface area contributed by atoms with Crippen molar-refractivity contribution in [3.05, 3.63) is 55.9 Å². The maximum atomic E-state index is 12.9. The molecule has 0 saturated carbocycles. The van der Waals surface area contributed by atoms with Crippen LogP contribution < -0.4 is 10.9 Å². The van der Waals surface area contributed by atoms with Gasteiger partial charge in [0.25, 0.3) is 11.2 Å². The van der Waals surface area contributed by atoms with Crippen LogP contribution >= 0.6 is 11.8 Å². The molecule has 1 amide bonds. The number of nitrogens with one attached hydrogen (secondary N) is 2. The van der Waals surface area contributed by atoms with Crippen molar-refractivity contribution in [1.29, 1.82) is 0 Å². The van der Waals surface area contributed by atoms with E-state index >= 15 is 0 Å². The first-order valence-corrected chi connectivity index (χ1v) is 10.4. The van der Waals surface area contributed by atoms with Gasteiger partial charge in [-0.15, -0.1) is 11.8 Å². The fraction of sp³-hybridized carbons (Fsp3) is 0.474. The second-order valence-corrected chi connectivity index (χ2v) is 9.01. The third-order valence-electron chi connectivity index (χ3n) is 5.31. The van der Waals surface area contributed by atoms with Gasteiger partial charge in [-0.1, -0.05) is 12.1 Å². The average Bonchev–Trinajstić information content (AvgIpc) is 2.87. The van der Waals surface area contributed by atoms with Crippen molar-refractivity contribution >= 4 is 29.2 Å². The van der Waals surface area contributed by atoms with Crippen molar-refractivity contribution < 1.29 is 14.5 Å². The summed E-state index contributed by atoms with van der Waals surface area (Å²) in [6, 6.07) is 6.12. The molecule has 2 aliphatic rings. The molecule has 2 N–H and O–H groups in total. The second kappa shape index (κ2) is 7.34. The molecule has 0 radical (unpaired) electrons. The highest BCUT2D eigenvalue weighted by molar-refractivity contribution is 8.00. The van der Waals surface area contributed by atoms with Crippen molar-refractivity contribution in [2.75, 3.05) is 17.7 Å². The Hall–Kier alpha value is -2.59. The molecule has 0 spiro atoms. The second-order valence-electron chi connectivity index (χ2n) is 7.92. The van der Waals surface area contributed by atoms with E-state index in [1.807, 2.05) is 13.8 Å². The number of anilines is 1. The molecule has 0 bridgehead atoms. The number of amides is 1. The van der Waals surface area contributed by atoms with Crippen LogP contribution in [0.15, 0.2) is 29.1 Å². The quantitative estimate of drug-likeness (QED) is 0.584. The van der Waals surface area contributed by atoms with Crippen LogP contribution in [-0.2, 0) is 9.53 Å². The summed E-state index contributed by atoms with van der Waals surface area (Å²) in [5.74, 6) is 0.491. The molecule has 1 saturated heterocycles. The number of benzene rings is 1. The van der Waals surface area contributed by atoms with Crippen LogP contribution in [0.5, 0.6) is 0 Å². The van der Waals surface area contributed by atoms with Crippen LogP contribution in [0, 0.1) is 10.1 Å². The van der Waals surface area contributed by atoms with E-state index in [1.54, 1.807) is 16.8 Å². The zero-order chi connectivity index (χ0) is 20.8. The van der Waals surface area contributed by atoms with Gasteiger partial charge in [-0.25, -0.2) is 0 Å². The van der Waals surface area contributed by atoms with Crippen molar-refractivity contribution in [1.82, 2.24) is 9.78 Å². The van der Waals surface area contributed by atoms with Gasteiger partial charge in [-0.05, 0) is 32.3 Å². The molecule has 1 aromatic carbocycles. The molecule has 10 heteroatoms. The van der Waals surface area contributed by atoms with Gasteiger partial charge in [-0.2, -0.15) is 0 Å². The van der Waals surface area contributed by atoms with E-state index in [0.29, 0.717) is 24.4 Å². The first kappa shape index (κ1) is 19.7. The first-order chi connectivity index (χ1) is 13.7. The number of hydrogen-bond acceptors (Lipinski definition) is 6. The number of hydrogen-bond donors (Lipinski definition) is 2. The molecule has 1 fully saturated rings. The van der Waals surface area contributed by atoms with E-state index in [1.165, 1.54) is 23.9 Å². The van der Waals surface area contributed by atoms with Crippen LogP contribution in [0.4, 0.5) is 11.5 Å². The summed E-state index contributed by atoms with van der Waals surface area (Å²) >= 11 is 1.34. The van der Waals surface area contributed by atoms with Crippen LogP contribution in [0.3, 0.4) is 0 Å². The van der Waals surface area contributed by atoms with E-state index in [0.717, 1.165) is 12.0 Å². The lowest BCUT2D eigenvalue weighted by Crippen LogP contribution is -2.36. The molecule has 2 aliphatic heterocycles. The molecule has 0 aliphatic carbocycles. The summed E-state index contributed by atoms with van der Waals surface area (Å²) in [5, 5.41) is 16.3. The van der Waals surface area contributed by atoms with Crippen molar-refractivity contribution in [2.24, 2.45) is 0 Å². The molecule has 29 heavy (non-hydrogen) atoms. The molecular formula is C19H22N4O5S. The monoisotopic (exact) mass is 418 g/mol. The zero-order valence-corrected chi connectivity index (χ0v) is 17.0. The van der Waals surface area contributed by atoms with Crippen molar-refractivity contribution in [2.45, 2.75) is 43.6 Å². The molecule has 3 heterocycles. The molecule has 154 valence electrons. The van der Waals surface area contributed by atoms with E-state index < -0.39 is 10.2 Å². The van der Waals surface area contributed by atoms with Gasteiger partial charge < -0.3 is 10.1 Å². The van der Waals surface area contributed by atoms with Gasteiger partial charge in [-0.3, -0.25) is 29.5 Å². The predicted octanol–water partition coefficient (Wildman–Crippen LogP) is 2.99. The minimum atomic E-state index is -0.462. The van der Waals surface area contributed by atoms with Gasteiger partial charge in [0.1, 0.15) is 5.82 Å². The summed E-state index contributed by atoms with van der Waals surface area (Å²) in [5.41, 5.74) is 0.617. The number of thioether (sulfide) groups is 1. The van der Waals surface area contributed by atoms with Gasteiger partial charge in [0.15, 0.2) is 0 Å². The lowest BCUT2D eigenvalue weighted by atomic mass is 9.94. The molecule has 1 aromatic heterocycles. The Morgan fingerprint density at radius 3 is 2.66 bits per heavy atom. The lowest BCUT2D eigenvalue weighted by Gasteiger charge is -2.36. The highest BCUT2D eigenvalue weighted by Gasteiger charge is 2.36. The largest absolute Gasteiger partial charge is 0.375 e. The topological polar surface area (TPSA) is 119 Å². The minimum Gasteiger partial charge on any atom is -0.375 e.